The average molecular weight is 387 g/mol. The van der Waals surface area contributed by atoms with Gasteiger partial charge < -0.3 is 0 Å². The largest absolute Gasteiger partial charge is 0.284 e. The van der Waals surface area contributed by atoms with E-state index in [9.17, 15) is 0 Å². The van der Waals surface area contributed by atoms with Gasteiger partial charge in [0.2, 0.25) is 0 Å². The lowest BCUT2D eigenvalue weighted by molar-refractivity contribution is 0.139. The number of fused-ring (bicyclic) bond motifs is 1. The number of aryl methyl sites for hydroxylation is 1. The van der Waals surface area contributed by atoms with Crippen LogP contribution < -0.4 is 0 Å². The van der Waals surface area contributed by atoms with E-state index in [1.54, 1.807) is 0 Å². The molecule has 4 heteroatoms. The Morgan fingerprint density at radius 2 is 1.54 bits per heavy atom. The van der Waals surface area contributed by atoms with Gasteiger partial charge in [0.1, 0.15) is 5.52 Å². The summed E-state index contributed by atoms with van der Waals surface area (Å²) in [5.74, 6) is 1.56. The topological polar surface area (TPSA) is 34.0 Å². The zero-order valence-corrected chi connectivity index (χ0v) is 19.0. The van der Waals surface area contributed by atoms with E-state index in [-0.39, 0.29) is 0 Å². The minimum absolute atomic E-state index is 0.778. The Morgan fingerprint density at radius 1 is 0.929 bits per heavy atom. The Kier molecular flexibility index (Phi) is 9.97. The second-order valence-corrected chi connectivity index (χ2v) is 8.54. The Balaban J connectivity index is 2.16. The van der Waals surface area contributed by atoms with Crippen LogP contribution in [0.1, 0.15) is 84.6 Å². The molecule has 0 aliphatic heterocycles. The van der Waals surface area contributed by atoms with Gasteiger partial charge in [0.25, 0.3) is 0 Å². The molecule has 1 heterocycles. The molecule has 1 aromatic carbocycles. The molecule has 2 rings (SSSR count). The van der Waals surface area contributed by atoms with Crippen LogP contribution >= 0.6 is 0 Å². The molecule has 2 aromatic rings. The third-order valence-electron chi connectivity index (χ3n) is 6.20. The Labute approximate surface area is 172 Å². The van der Waals surface area contributed by atoms with Crippen LogP contribution in [-0.4, -0.2) is 33.0 Å². The van der Waals surface area contributed by atoms with Gasteiger partial charge in [-0.25, -0.2) is 4.68 Å². The number of unbranched alkanes of at least 4 members (excludes halogenated alkanes) is 2. The summed E-state index contributed by atoms with van der Waals surface area (Å²) in [6.45, 7) is 14.6. The monoisotopic (exact) mass is 386 g/mol. The highest BCUT2D eigenvalue weighted by Crippen LogP contribution is 2.21. The molecule has 0 N–H and O–H groups in total. The number of nitrogens with zero attached hydrogens (tertiary/aromatic N) is 4. The maximum atomic E-state index is 4.51. The third kappa shape index (κ3) is 6.58. The normalized spacial score (nSPS) is 14.1. The van der Waals surface area contributed by atoms with E-state index in [0.29, 0.717) is 0 Å². The van der Waals surface area contributed by atoms with E-state index in [1.165, 1.54) is 70.0 Å². The molecular formula is C24H42N4. The molecular weight excluding hydrogens is 344 g/mol. The molecule has 0 aliphatic carbocycles. The molecule has 0 amide bonds. The quantitative estimate of drug-likeness (QED) is 0.375. The lowest BCUT2D eigenvalue weighted by atomic mass is 9.96. The van der Waals surface area contributed by atoms with Gasteiger partial charge in [-0.3, -0.25) is 4.90 Å². The van der Waals surface area contributed by atoms with Crippen molar-refractivity contribution in [1.29, 1.82) is 0 Å². The van der Waals surface area contributed by atoms with E-state index in [1.807, 2.05) is 0 Å². The summed E-state index contributed by atoms with van der Waals surface area (Å²) in [5.41, 5.74) is 3.41. The van der Waals surface area contributed by atoms with Crippen molar-refractivity contribution < 1.29 is 0 Å². The summed E-state index contributed by atoms with van der Waals surface area (Å²) in [7, 11) is 0. The van der Waals surface area contributed by atoms with Crippen LogP contribution in [0.5, 0.6) is 0 Å². The second-order valence-electron chi connectivity index (χ2n) is 8.54. The maximum absolute atomic E-state index is 4.51. The van der Waals surface area contributed by atoms with Crippen molar-refractivity contribution in [2.24, 2.45) is 11.8 Å². The number of aromatic nitrogens is 3. The first-order chi connectivity index (χ1) is 13.6. The van der Waals surface area contributed by atoms with E-state index in [2.05, 4.69) is 72.7 Å². The smallest absolute Gasteiger partial charge is 0.116 e. The number of benzene rings is 1. The molecule has 1 aromatic heterocycles. The minimum atomic E-state index is 0.778. The highest BCUT2D eigenvalue weighted by Gasteiger charge is 2.18. The number of rotatable bonds is 14. The first-order valence-corrected chi connectivity index (χ1v) is 11.6. The fraction of sp³-hybridized carbons (Fsp3) is 0.750. The van der Waals surface area contributed by atoms with E-state index in [4.69, 9.17) is 0 Å². The fourth-order valence-corrected chi connectivity index (χ4v) is 4.18. The van der Waals surface area contributed by atoms with Crippen LogP contribution in [0.25, 0.3) is 11.0 Å². The second kappa shape index (κ2) is 12.2. The zero-order chi connectivity index (χ0) is 20.4. The van der Waals surface area contributed by atoms with Gasteiger partial charge in [-0.15, -0.1) is 5.10 Å². The van der Waals surface area contributed by atoms with Gasteiger partial charge in [0.15, 0.2) is 0 Å². The Morgan fingerprint density at radius 3 is 2.07 bits per heavy atom. The van der Waals surface area contributed by atoms with Gasteiger partial charge in [-0.2, -0.15) is 0 Å². The molecule has 4 nitrogen and oxygen atoms in total. The van der Waals surface area contributed by atoms with Gasteiger partial charge in [0, 0.05) is 13.1 Å². The van der Waals surface area contributed by atoms with Crippen LogP contribution in [0.2, 0.25) is 0 Å². The molecule has 158 valence electrons. The van der Waals surface area contributed by atoms with Crippen molar-refractivity contribution in [1.82, 2.24) is 19.9 Å². The molecule has 0 fully saturated rings. The van der Waals surface area contributed by atoms with Crippen LogP contribution in [0.3, 0.4) is 0 Å². The lowest BCUT2D eigenvalue weighted by Gasteiger charge is -2.30. The van der Waals surface area contributed by atoms with Crippen LogP contribution in [-0.2, 0) is 6.67 Å². The van der Waals surface area contributed by atoms with Gasteiger partial charge in [-0.1, -0.05) is 83.6 Å². The van der Waals surface area contributed by atoms with Crippen molar-refractivity contribution in [3.63, 3.8) is 0 Å². The first-order valence-electron chi connectivity index (χ1n) is 11.6. The molecule has 0 saturated carbocycles. The van der Waals surface area contributed by atoms with Crippen molar-refractivity contribution >= 4 is 11.0 Å². The predicted molar refractivity (Wildman–Crippen MR) is 120 cm³/mol. The number of hydrogen-bond acceptors (Lipinski definition) is 3. The summed E-state index contributed by atoms with van der Waals surface area (Å²) < 4.78 is 2.11. The average Bonchev–Trinajstić information content (AvgIpc) is 3.12. The highest BCUT2D eigenvalue weighted by atomic mass is 15.5. The van der Waals surface area contributed by atoms with Crippen LogP contribution in [0.15, 0.2) is 18.2 Å². The zero-order valence-electron chi connectivity index (χ0n) is 19.0. The van der Waals surface area contributed by atoms with Crippen molar-refractivity contribution in [3.8, 4) is 0 Å². The predicted octanol–water partition coefficient (Wildman–Crippen LogP) is 6.43. The van der Waals surface area contributed by atoms with Crippen molar-refractivity contribution in [2.75, 3.05) is 13.1 Å². The summed E-state index contributed by atoms with van der Waals surface area (Å²) in [4.78, 5) is 2.66. The van der Waals surface area contributed by atoms with Gasteiger partial charge >= 0.3 is 0 Å². The third-order valence-corrected chi connectivity index (χ3v) is 6.20. The molecule has 0 aliphatic rings. The summed E-state index contributed by atoms with van der Waals surface area (Å²) >= 11 is 0. The summed E-state index contributed by atoms with van der Waals surface area (Å²) in [6, 6.07) is 6.40. The molecule has 28 heavy (non-hydrogen) atoms. The van der Waals surface area contributed by atoms with Crippen molar-refractivity contribution in [2.45, 2.75) is 92.7 Å². The Hall–Kier alpha value is -1.42. The van der Waals surface area contributed by atoms with Gasteiger partial charge in [-0.05, 0) is 43.2 Å². The molecule has 0 spiro atoms. The van der Waals surface area contributed by atoms with Crippen LogP contribution in [0, 0.1) is 18.8 Å². The Bertz CT molecular complexity index is 660. The maximum Gasteiger partial charge on any atom is 0.116 e. The fourth-order valence-electron chi connectivity index (χ4n) is 4.18. The van der Waals surface area contributed by atoms with E-state index in [0.717, 1.165) is 29.5 Å². The summed E-state index contributed by atoms with van der Waals surface area (Å²) in [6.07, 6.45) is 10.5. The van der Waals surface area contributed by atoms with Crippen molar-refractivity contribution in [3.05, 3.63) is 23.8 Å². The number of hydrogen-bond donors (Lipinski definition) is 0. The van der Waals surface area contributed by atoms with E-state index < -0.39 is 0 Å². The van der Waals surface area contributed by atoms with E-state index >= 15 is 0 Å². The molecule has 0 saturated heterocycles. The summed E-state index contributed by atoms with van der Waals surface area (Å²) in [5, 5.41) is 8.97. The standard InChI is InChI=1S/C24H42N4/c1-6-10-14-21(8-3)17-27(18-22(9-4)15-11-7-2)19-28-23-16-12-13-20(5)24(23)25-26-28/h12-13,16,21-22H,6-11,14-15,17-19H2,1-5H3/t21-,22+. The SMILES string of the molecule is CCCC[C@@H](CC)CN(C[C@@H](CC)CCCC)Cn1nnc2c(C)cccc21. The molecule has 0 radical (unpaired) electrons. The molecule has 0 bridgehead atoms. The van der Waals surface area contributed by atoms with Gasteiger partial charge in [0.05, 0.1) is 12.2 Å². The minimum Gasteiger partial charge on any atom is -0.284 e. The van der Waals surface area contributed by atoms with Crippen LogP contribution in [0.4, 0.5) is 0 Å². The molecule has 0 unspecified atom stereocenters. The molecule has 2 atom stereocenters. The first kappa shape index (κ1) is 22.9. The lowest BCUT2D eigenvalue weighted by Crippen LogP contribution is -2.36. The highest BCUT2D eigenvalue weighted by molar-refractivity contribution is 5.77.